The first-order valence-electron chi connectivity index (χ1n) is 7.12. The average molecular weight is 302 g/mol. The summed E-state index contributed by atoms with van der Waals surface area (Å²) in [7, 11) is -3.64. The van der Waals surface area contributed by atoms with E-state index in [2.05, 4.69) is 9.71 Å². The summed E-state index contributed by atoms with van der Waals surface area (Å²) >= 11 is 0. The number of aryl methyl sites for hydroxylation is 2. The molecule has 7 heteroatoms. The van der Waals surface area contributed by atoms with Gasteiger partial charge in [-0.3, -0.25) is 0 Å². The van der Waals surface area contributed by atoms with E-state index in [1.54, 1.807) is 6.20 Å². The predicted molar refractivity (Wildman–Crippen MR) is 79.9 cm³/mol. The van der Waals surface area contributed by atoms with Crippen LogP contribution in [0.1, 0.15) is 45.9 Å². The van der Waals surface area contributed by atoms with E-state index in [1.807, 2.05) is 32.3 Å². The van der Waals surface area contributed by atoms with Crippen LogP contribution in [0, 0.1) is 6.92 Å². The Morgan fingerprint density at radius 3 is 2.40 bits per heavy atom. The van der Waals surface area contributed by atoms with Crippen molar-refractivity contribution in [3.8, 4) is 0 Å². The van der Waals surface area contributed by atoms with Crippen LogP contribution in [-0.2, 0) is 16.6 Å². The molecule has 0 spiro atoms. The molecule has 0 saturated carbocycles. The standard InChI is InChI=1S/C13H26N4O2S/c1-5-8-17-9-12(15-11(17)4)20(18,19)16-13(6-2,7-3)10-14/h9,16H,5-8,10,14H2,1-4H3. The van der Waals surface area contributed by atoms with Gasteiger partial charge < -0.3 is 10.3 Å². The lowest BCUT2D eigenvalue weighted by Crippen LogP contribution is -2.52. The number of rotatable bonds is 8. The maximum atomic E-state index is 12.5. The molecule has 0 atom stereocenters. The minimum absolute atomic E-state index is 0.0724. The van der Waals surface area contributed by atoms with E-state index in [-0.39, 0.29) is 11.6 Å². The van der Waals surface area contributed by atoms with E-state index in [9.17, 15) is 8.42 Å². The third kappa shape index (κ3) is 3.59. The molecule has 1 aromatic heterocycles. The Labute approximate surface area is 121 Å². The maximum absolute atomic E-state index is 12.5. The third-order valence-electron chi connectivity index (χ3n) is 3.79. The first-order valence-corrected chi connectivity index (χ1v) is 8.60. The van der Waals surface area contributed by atoms with Crippen molar-refractivity contribution in [3.05, 3.63) is 12.0 Å². The zero-order valence-corrected chi connectivity index (χ0v) is 13.6. The van der Waals surface area contributed by atoms with Crippen LogP contribution in [0.15, 0.2) is 11.2 Å². The lowest BCUT2D eigenvalue weighted by Gasteiger charge is -2.30. The molecule has 3 N–H and O–H groups in total. The van der Waals surface area contributed by atoms with Crippen molar-refractivity contribution in [2.75, 3.05) is 6.54 Å². The Kier molecular flexibility index (Phi) is 5.73. The monoisotopic (exact) mass is 302 g/mol. The van der Waals surface area contributed by atoms with Gasteiger partial charge in [-0.2, -0.15) is 0 Å². The van der Waals surface area contributed by atoms with Crippen molar-refractivity contribution < 1.29 is 8.42 Å². The van der Waals surface area contributed by atoms with Crippen molar-refractivity contribution in [3.63, 3.8) is 0 Å². The summed E-state index contributed by atoms with van der Waals surface area (Å²) < 4.78 is 29.5. The molecular weight excluding hydrogens is 276 g/mol. The molecule has 0 unspecified atom stereocenters. The molecule has 1 rings (SSSR count). The second kappa shape index (κ2) is 6.69. The highest BCUT2D eigenvalue weighted by Crippen LogP contribution is 2.18. The molecule has 0 aliphatic rings. The van der Waals surface area contributed by atoms with Crippen LogP contribution >= 0.6 is 0 Å². The van der Waals surface area contributed by atoms with E-state index in [0.29, 0.717) is 18.7 Å². The summed E-state index contributed by atoms with van der Waals surface area (Å²) in [6.45, 7) is 8.75. The van der Waals surface area contributed by atoms with Gasteiger partial charge in [-0.15, -0.1) is 0 Å². The van der Waals surface area contributed by atoms with E-state index in [1.165, 1.54) is 0 Å². The van der Waals surface area contributed by atoms with Gasteiger partial charge in [0.2, 0.25) is 0 Å². The summed E-state index contributed by atoms with van der Waals surface area (Å²) in [4.78, 5) is 4.16. The van der Waals surface area contributed by atoms with Gasteiger partial charge in [0.1, 0.15) is 5.82 Å². The van der Waals surface area contributed by atoms with Gasteiger partial charge in [-0.25, -0.2) is 18.1 Å². The van der Waals surface area contributed by atoms with Gasteiger partial charge in [0.15, 0.2) is 5.03 Å². The van der Waals surface area contributed by atoms with Crippen molar-refractivity contribution in [1.29, 1.82) is 0 Å². The average Bonchev–Trinajstić information content (AvgIpc) is 2.79. The number of hydrogen-bond donors (Lipinski definition) is 2. The number of nitrogens with one attached hydrogen (secondary N) is 1. The van der Waals surface area contributed by atoms with Crippen LogP contribution in [0.2, 0.25) is 0 Å². The van der Waals surface area contributed by atoms with Crippen LogP contribution in [-0.4, -0.2) is 30.1 Å². The summed E-state index contributed by atoms with van der Waals surface area (Å²) in [5.41, 5.74) is 5.15. The second-order valence-corrected chi connectivity index (χ2v) is 6.75. The zero-order valence-electron chi connectivity index (χ0n) is 12.8. The Balaban J connectivity index is 3.07. The molecule has 6 nitrogen and oxygen atoms in total. The van der Waals surface area contributed by atoms with Crippen LogP contribution < -0.4 is 10.5 Å². The molecular formula is C13H26N4O2S. The van der Waals surface area contributed by atoms with Crippen LogP contribution in [0.4, 0.5) is 0 Å². The number of nitrogens with two attached hydrogens (primary N) is 1. The highest BCUT2D eigenvalue weighted by Gasteiger charge is 2.32. The second-order valence-electron chi connectivity index (χ2n) is 5.12. The Morgan fingerprint density at radius 2 is 1.95 bits per heavy atom. The molecule has 20 heavy (non-hydrogen) atoms. The van der Waals surface area contributed by atoms with Crippen molar-refractivity contribution in [1.82, 2.24) is 14.3 Å². The van der Waals surface area contributed by atoms with Gasteiger partial charge in [0.25, 0.3) is 10.0 Å². The quantitative estimate of drug-likeness (QED) is 0.759. The summed E-state index contributed by atoms with van der Waals surface area (Å²) in [6.07, 6.45) is 3.82. The van der Waals surface area contributed by atoms with Gasteiger partial charge >= 0.3 is 0 Å². The Morgan fingerprint density at radius 1 is 1.35 bits per heavy atom. The highest BCUT2D eigenvalue weighted by atomic mass is 32.2. The SMILES string of the molecule is CCCn1cc(S(=O)(=O)NC(CC)(CC)CN)nc1C. The molecule has 0 saturated heterocycles. The minimum Gasteiger partial charge on any atom is -0.334 e. The highest BCUT2D eigenvalue weighted by molar-refractivity contribution is 7.89. The molecule has 0 aliphatic heterocycles. The predicted octanol–water partition coefficient (Wildman–Crippen LogP) is 1.40. The van der Waals surface area contributed by atoms with Crippen LogP contribution in [0.3, 0.4) is 0 Å². The molecule has 0 aromatic carbocycles. The molecule has 0 radical (unpaired) electrons. The van der Waals surface area contributed by atoms with Crippen LogP contribution in [0.25, 0.3) is 0 Å². The van der Waals surface area contributed by atoms with Crippen LogP contribution in [0.5, 0.6) is 0 Å². The van der Waals surface area contributed by atoms with Crippen molar-refractivity contribution >= 4 is 10.0 Å². The number of nitrogens with zero attached hydrogens (tertiary/aromatic N) is 2. The summed E-state index contributed by atoms with van der Waals surface area (Å²) in [5, 5.41) is 0.0724. The van der Waals surface area contributed by atoms with Gasteiger partial charge in [-0.05, 0) is 26.2 Å². The number of hydrogen-bond acceptors (Lipinski definition) is 4. The third-order valence-corrected chi connectivity index (χ3v) is 5.24. The smallest absolute Gasteiger partial charge is 0.260 e. The van der Waals surface area contributed by atoms with E-state index in [0.717, 1.165) is 13.0 Å². The van der Waals surface area contributed by atoms with Gasteiger partial charge in [-0.1, -0.05) is 20.8 Å². The maximum Gasteiger partial charge on any atom is 0.260 e. The number of imidazole rings is 1. The lowest BCUT2D eigenvalue weighted by atomic mass is 9.95. The lowest BCUT2D eigenvalue weighted by molar-refractivity contribution is 0.362. The van der Waals surface area contributed by atoms with Gasteiger partial charge in [0, 0.05) is 24.8 Å². The topological polar surface area (TPSA) is 90.0 Å². The zero-order chi connectivity index (χ0) is 15.4. The molecule has 0 bridgehead atoms. The molecule has 1 aromatic rings. The fourth-order valence-electron chi connectivity index (χ4n) is 2.14. The van der Waals surface area contributed by atoms with Crippen molar-refractivity contribution in [2.24, 2.45) is 5.73 Å². The van der Waals surface area contributed by atoms with E-state index in [4.69, 9.17) is 5.73 Å². The van der Waals surface area contributed by atoms with Crippen molar-refractivity contribution in [2.45, 2.75) is 64.1 Å². The van der Waals surface area contributed by atoms with E-state index < -0.39 is 15.6 Å². The Hall–Kier alpha value is -0.920. The fourth-order valence-corrected chi connectivity index (χ4v) is 3.70. The first kappa shape index (κ1) is 17.1. The summed E-state index contributed by atoms with van der Waals surface area (Å²) in [5.74, 6) is 0.707. The number of aromatic nitrogens is 2. The number of sulfonamides is 1. The molecule has 0 fully saturated rings. The first-order chi connectivity index (χ1) is 9.34. The molecule has 116 valence electrons. The molecule has 0 aliphatic carbocycles. The molecule has 1 heterocycles. The largest absolute Gasteiger partial charge is 0.334 e. The van der Waals surface area contributed by atoms with E-state index >= 15 is 0 Å². The normalized spacial score (nSPS) is 12.8. The van der Waals surface area contributed by atoms with Gasteiger partial charge in [0.05, 0.1) is 0 Å². The summed E-state index contributed by atoms with van der Waals surface area (Å²) in [6, 6.07) is 0. The minimum atomic E-state index is -3.64. The molecule has 0 amide bonds. The fraction of sp³-hybridized carbons (Fsp3) is 0.769. The Bertz CT molecular complexity index is 524.